The zero-order valence-electron chi connectivity index (χ0n) is 18.5. The molecule has 0 saturated carbocycles. The van der Waals surface area contributed by atoms with E-state index in [0.717, 1.165) is 85.7 Å². The molecule has 4 heterocycles. The summed E-state index contributed by atoms with van der Waals surface area (Å²) < 4.78 is 14.3. The molecule has 2 aliphatic heterocycles. The normalized spacial score (nSPS) is 20.8. The molecule has 0 bridgehead atoms. The first kappa shape index (κ1) is 19.8. The Bertz CT molecular complexity index is 1150. The third-order valence-electron chi connectivity index (χ3n) is 7.30. The number of fused-ring (bicyclic) bond motifs is 4. The molecule has 0 N–H and O–H groups in total. The predicted octanol–water partition coefficient (Wildman–Crippen LogP) is 4.37. The fourth-order valence-corrected chi connectivity index (χ4v) is 5.65. The van der Waals surface area contributed by atoms with Gasteiger partial charge in [0.25, 0.3) is 5.91 Å². The molecule has 1 amide bonds. The van der Waals surface area contributed by atoms with Crippen LogP contribution in [-0.2, 0) is 30.6 Å². The van der Waals surface area contributed by atoms with Gasteiger partial charge in [-0.25, -0.2) is 0 Å². The molecule has 1 aromatic carbocycles. The first-order valence-corrected chi connectivity index (χ1v) is 12.2. The summed E-state index contributed by atoms with van der Waals surface area (Å²) >= 11 is 0. The Labute approximate surface area is 187 Å². The van der Waals surface area contributed by atoms with Crippen LogP contribution in [0.5, 0.6) is 5.75 Å². The molecule has 1 fully saturated rings. The molecule has 3 aliphatic rings. The third-order valence-corrected chi connectivity index (χ3v) is 7.30. The van der Waals surface area contributed by atoms with Crippen molar-refractivity contribution in [2.24, 2.45) is 0 Å². The molecule has 1 aliphatic carbocycles. The van der Waals surface area contributed by atoms with Crippen molar-refractivity contribution in [3.63, 3.8) is 0 Å². The molecule has 0 spiro atoms. The molecule has 1 saturated heterocycles. The van der Waals surface area contributed by atoms with Crippen LogP contribution in [0.2, 0.25) is 0 Å². The van der Waals surface area contributed by atoms with Crippen molar-refractivity contribution in [2.75, 3.05) is 13.2 Å². The van der Waals surface area contributed by atoms with E-state index in [4.69, 9.17) is 9.15 Å². The molecule has 6 rings (SSSR count). The fourth-order valence-electron chi connectivity index (χ4n) is 5.65. The average Bonchev–Trinajstić information content (AvgIpc) is 3.50. The SMILES string of the molecule is O=C(COc1ccc2oc3c(c2c1)CCCC3)N1CCCC1c1nnc2n1CCCCC2. The lowest BCUT2D eigenvalue weighted by Crippen LogP contribution is -2.35. The van der Waals surface area contributed by atoms with Gasteiger partial charge in [0, 0.05) is 36.9 Å². The van der Waals surface area contributed by atoms with Crippen molar-refractivity contribution in [1.29, 1.82) is 0 Å². The largest absolute Gasteiger partial charge is 0.484 e. The summed E-state index contributed by atoms with van der Waals surface area (Å²) in [4.78, 5) is 15.1. The second-order valence-electron chi connectivity index (χ2n) is 9.34. The number of likely N-dealkylation sites (tertiary alicyclic amines) is 1. The topological polar surface area (TPSA) is 73.4 Å². The first-order chi connectivity index (χ1) is 15.8. The third kappa shape index (κ3) is 3.48. The van der Waals surface area contributed by atoms with E-state index in [9.17, 15) is 4.79 Å². The molecule has 7 heteroatoms. The molecule has 32 heavy (non-hydrogen) atoms. The number of hydrogen-bond donors (Lipinski definition) is 0. The van der Waals surface area contributed by atoms with Crippen molar-refractivity contribution >= 4 is 16.9 Å². The number of furan rings is 1. The Kier molecular flexibility index (Phi) is 5.12. The maximum absolute atomic E-state index is 13.1. The highest BCUT2D eigenvalue weighted by Gasteiger charge is 2.34. The van der Waals surface area contributed by atoms with Gasteiger partial charge in [0.05, 0.1) is 6.04 Å². The van der Waals surface area contributed by atoms with Crippen LogP contribution >= 0.6 is 0 Å². The summed E-state index contributed by atoms with van der Waals surface area (Å²) in [7, 11) is 0. The van der Waals surface area contributed by atoms with E-state index in [-0.39, 0.29) is 18.6 Å². The first-order valence-electron chi connectivity index (χ1n) is 12.2. The maximum Gasteiger partial charge on any atom is 0.261 e. The summed E-state index contributed by atoms with van der Waals surface area (Å²) in [5.74, 6) is 3.90. The van der Waals surface area contributed by atoms with E-state index in [2.05, 4.69) is 14.8 Å². The highest BCUT2D eigenvalue weighted by molar-refractivity contribution is 5.84. The number of carbonyl (C=O) groups excluding carboxylic acids is 1. The average molecular weight is 435 g/mol. The van der Waals surface area contributed by atoms with E-state index in [1.54, 1.807) is 0 Å². The number of aryl methyl sites for hydroxylation is 3. The van der Waals surface area contributed by atoms with Crippen molar-refractivity contribution in [2.45, 2.75) is 76.8 Å². The monoisotopic (exact) mass is 434 g/mol. The van der Waals surface area contributed by atoms with Gasteiger partial charge < -0.3 is 18.6 Å². The molecule has 168 valence electrons. The number of benzene rings is 1. The van der Waals surface area contributed by atoms with Gasteiger partial charge >= 0.3 is 0 Å². The van der Waals surface area contributed by atoms with E-state index in [0.29, 0.717) is 0 Å². The van der Waals surface area contributed by atoms with Gasteiger partial charge in [0.15, 0.2) is 12.4 Å². The Hall–Kier alpha value is -2.83. The van der Waals surface area contributed by atoms with Crippen LogP contribution in [0.4, 0.5) is 0 Å². The number of aromatic nitrogens is 3. The van der Waals surface area contributed by atoms with Crippen LogP contribution in [0.15, 0.2) is 22.6 Å². The molecule has 1 atom stereocenters. The number of nitrogens with zero attached hydrogens (tertiary/aromatic N) is 4. The second-order valence-corrected chi connectivity index (χ2v) is 9.34. The Morgan fingerprint density at radius 1 is 1.03 bits per heavy atom. The highest BCUT2D eigenvalue weighted by Crippen LogP contribution is 2.35. The van der Waals surface area contributed by atoms with E-state index < -0.39 is 0 Å². The quantitative estimate of drug-likeness (QED) is 0.610. The summed E-state index contributed by atoms with van der Waals surface area (Å²) in [6.45, 7) is 1.76. The van der Waals surface area contributed by atoms with Crippen LogP contribution in [0, 0.1) is 0 Å². The maximum atomic E-state index is 13.1. The van der Waals surface area contributed by atoms with E-state index in [1.807, 2.05) is 23.1 Å². The highest BCUT2D eigenvalue weighted by atomic mass is 16.5. The van der Waals surface area contributed by atoms with Crippen molar-refractivity contribution < 1.29 is 13.9 Å². The Balaban J connectivity index is 1.17. The Morgan fingerprint density at radius 3 is 2.91 bits per heavy atom. The Morgan fingerprint density at radius 2 is 1.94 bits per heavy atom. The molecule has 3 aromatic rings. The molecule has 7 nitrogen and oxygen atoms in total. The lowest BCUT2D eigenvalue weighted by molar-refractivity contribution is -0.134. The lowest BCUT2D eigenvalue weighted by Gasteiger charge is -2.24. The molecular formula is C25H30N4O3. The minimum Gasteiger partial charge on any atom is -0.484 e. The van der Waals surface area contributed by atoms with Gasteiger partial charge in [-0.05, 0) is 63.1 Å². The lowest BCUT2D eigenvalue weighted by atomic mass is 9.96. The van der Waals surface area contributed by atoms with E-state index >= 15 is 0 Å². The molecule has 2 aromatic heterocycles. The number of amides is 1. The zero-order chi connectivity index (χ0) is 21.5. The number of ether oxygens (including phenoxy) is 1. The summed E-state index contributed by atoms with van der Waals surface area (Å²) in [5, 5.41) is 10.1. The second kappa shape index (κ2) is 8.26. The standard InChI is InChI=1S/C25H30N4O3/c30-24(16-31-17-11-12-22-19(15-17)18-7-3-4-9-21(18)32-22)28-14-6-8-20(28)25-27-26-23-10-2-1-5-13-29(23)25/h11-12,15,20H,1-10,13-14,16H2. The van der Waals surface area contributed by atoms with Crippen LogP contribution in [0.1, 0.15) is 74.0 Å². The van der Waals surface area contributed by atoms with Gasteiger partial charge in [0.1, 0.15) is 22.9 Å². The summed E-state index contributed by atoms with van der Waals surface area (Å²) in [6, 6.07) is 5.92. The minimum absolute atomic E-state index is 0.00817. The van der Waals surface area contributed by atoms with Crippen LogP contribution < -0.4 is 4.74 Å². The smallest absolute Gasteiger partial charge is 0.261 e. The predicted molar refractivity (Wildman–Crippen MR) is 120 cm³/mol. The van der Waals surface area contributed by atoms with Gasteiger partial charge in [0.2, 0.25) is 0 Å². The number of carbonyl (C=O) groups is 1. The van der Waals surface area contributed by atoms with Gasteiger partial charge in [-0.3, -0.25) is 4.79 Å². The summed E-state index contributed by atoms with van der Waals surface area (Å²) in [6.07, 6.45) is 10.9. The van der Waals surface area contributed by atoms with Crippen LogP contribution in [-0.4, -0.2) is 38.7 Å². The number of rotatable bonds is 4. The van der Waals surface area contributed by atoms with Crippen molar-refractivity contribution in [3.05, 3.63) is 41.2 Å². The van der Waals surface area contributed by atoms with Crippen molar-refractivity contribution in [3.8, 4) is 5.75 Å². The molecular weight excluding hydrogens is 404 g/mol. The minimum atomic E-state index is 0.00817. The van der Waals surface area contributed by atoms with Crippen molar-refractivity contribution in [1.82, 2.24) is 19.7 Å². The molecule has 0 radical (unpaired) electrons. The molecule has 1 unspecified atom stereocenters. The summed E-state index contributed by atoms with van der Waals surface area (Å²) in [5.41, 5.74) is 2.23. The van der Waals surface area contributed by atoms with Gasteiger partial charge in [-0.2, -0.15) is 0 Å². The van der Waals surface area contributed by atoms with Gasteiger partial charge in [-0.15, -0.1) is 10.2 Å². The zero-order valence-corrected chi connectivity index (χ0v) is 18.5. The van der Waals surface area contributed by atoms with Crippen LogP contribution in [0.3, 0.4) is 0 Å². The van der Waals surface area contributed by atoms with Gasteiger partial charge in [-0.1, -0.05) is 6.42 Å². The fraction of sp³-hybridized carbons (Fsp3) is 0.560. The van der Waals surface area contributed by atoms with E-state index in [1.165, 1.54) is 31.2 Å². The van der Waals surface area contributed by atoms with Crippen LogP contribution in [0.25, 0.3) is 11.0 Å². The number of hydrogen-bond acceptors (Lipinski definition) is 5.